The largest absolute Gasteiger partial charge is 0.385 e. The van der Waals surface area contributed by atoms with Gasteiger partial charge in [0.05, 0.1) is 5.69 Å². The summed E-state index contributed by atoms with van der Waals surface area (Å²) in [6, 6.07) is 8.05. The van der Waals surface area contributed by atoms with Crippen LogP contribution < -0.4 is 5.32 Å². The maximum Gasteiger partial charge on any atom is 0.247 e. The van der Waals surface area contributed by atoms with Crippen LogP contribution in [0.2, 0.25) is 0 Å². The molecule has 1 aromatic heterocycles. The predicted molar refractivity (Wildman–Crippen MR) is 68.9 cm³/mol. The van der Waals surface area contributed by atoms with E-state index in [1.807, 2.05) is 31.2 Å². The molecule has 96 valence electrons. The molecule has 6 nitrogen and oxygen atoms in total. The van der Waals surface area contributed by atoms with E-state index < -0.39 is 0 Å². The number of ether oxygens (including phenoxy) is 1. The molecule has 2 rings (SSSR count). The number of anilines is 1. The van der Waals surface area contributed by atoms with E-state index in [4.69, 9.17) is 4.74 Å². The maximum absolute atomic E-state index is 4.99. The molecule has 1 N–H and O–H groups in total. The van der Waals surface area contributed by atoms with Crippen LogP contribution in [0.25, 0.3) is 5.69 Å². The van der Waals surface area contributed by atoms with Gasteiger partial charge in [-0.15, -0.1) is 0 Å². The molecule has 1 heterocycles. The van der Waals surface area contributed by atoms with Gasteiger partial charge in [0.1, 0.15) is 0 Å². The third kappa shape index (κ3) is 3.04. The van der Waals surface area contributed by atoms with E-state index in [0.29, 0.717) is 5.95 Å². The van der Waals surface area contributed by atoms with E-state index in [-0.39, 0.29) is 0 Å². The summed E-state index contributed by atoms with van der Waals surface area (Å²) < 4.78 is 6.68. The van der Waals surface area contributed by atoms with Crippen molar-refractivity contribution in [2.75, 3.05) is 25.6 Å². The number of nitrogens with one attached hydrogen (secondary N) is 1. The summed E-state index contributed by atoms with van der Waals surface area (Å²) in [6.07, 6.45) is 0.914. The SMILES string of the molecule is COCCCNc1nnnn1-c1ccc(C)cc1. The molecule has 0 aliphatic heterocycles. The van der Waals surface area contributed by atoms with Crippen LogP contribution in [0.1, 0.15) is 12.0 Å². The van der Waals surface area contributed by atoms with Crippen molar-refractivity contribution in [3.63, 3.8) is 0 Å². The van der Waals surface area contributed by atoms with E-state index in [9.17, 15) is 0 Å². The molecular formula is C12H17N5O. The van der Waals surface area contributed by atoms with E-state index in [0.717, 1.165) is 25.3 Å². The maximum atomic E-state index is 4.99. The lowest BCUT2D eigenvalue weighted by molar-refractivity contribution is 0.197. The molecule has 0 unspecified atom stereocenters. The van der Waals surface area contributed by atoms with Crippen molar-refractivity contribution in [2.45, 2.75) is 13.3 Å². The Hall–Kier alpha value is -1.95. The molecule has 0 saturated heterocycles. The molecule has 0 aliphatic rings. The summed E-state index contributed by atoms with van der Waals surface area (Å²) in [4.78, 5) is 0. The smallest absolute Gasteiger partial charge is 0.247 e. The molecule has 0 amide bonds. The van der Waals surface area contributed by atoms with Gasteiger partial charge in [-0.1, -0.05) is 22.8 Å². The van der Waals surface area contributed by atoms with Crippen LogP contribution in [0, 0.1) is 6.92 Å². The summed E-state index contributed by atoms with van der Waals surface area (Å²) in [6.45, 7) is 3.55. The average Bonchev–Trinajstić information content (AvgIpc) is 2.84. The summed E-state index contributed by atoms with van der Waals surface area (Å²) >= 11 is 0. The van der Waals surface area contributed by atoms with E-state index in [1.165, 1.54) is 5.56 Å². The van der Waals surface area contributed by atoms with Crippen molar-refractivity contribution in [3.05, 3.63) is 29.8 Å². The number of aryl methyl sites for hydroxylation is 1. The zero-order valence-electron chi connectivity index (χ0n) is 10.6. The zero-order valence-corrected chi connectivity index (χ0v) is 10.6. The average molecular weight is 247 g/mol. The van der Waals surface area contributed by atoms with Gasteiger partial charge in [-0.25, -0.2) is 0 Å². The van der Waals surface area contributed by atoms with Crippen LogP contribution in [0.5, 0.6) is 0 Å². The molecule has 0 saturated carbocycles. The van der Waals surface area contributed by atoms with Crippen LogP contribution in [-0.4, -0.2) is 40.5 Å². The van der Waals surface area contributed by atoms with Gasteiger partial charge in [0, 0.05) is 20.3 Å². The van der Waals surface area contributed by atoms with Gasteiger partial charge in [0.15, 0.2) is 0 Å². The first-order chi connectivity index (χ1) is 8.81. The molecule has 0 bridgehead atoms. The lowest BCUT2D eigenvalue weighted by atomic mass is 10.2. The summed E-state index contributed by atoms with van der Waals surface area (Å²) in [5, 5.41) is 14.8. The lowest BCUT2D eigenvalue weighted by Crippen LogP contribution is -2.10. The normalized spacial score (nSPS) is 10.6. The van der Waals surface area contributed by atoms with Gasteiger partial charge in [-0.2, -0.15) is 4.68 Å². The first-order valence-electron chi connectivity index (χ1n) is 5.89. The quantitative estimate of drug-likeness (QED) is 0.782. The first kappa shape index (κ1) is 12.5. The van der Waals surface area contributed by atoms with E-state index in [1.54, 1.807) is 11.8 Å². The van der Waals surface area contributed by atoms with Crippen molar-refractivity contribution < 1.29 is 4.74 Å². The highest BCUT2D eigenvalue weighted by Crippen LogP contribution is 2.12. The Labute approximate surface area is 106 Å². The topological polar surface area (TPSA) is 64.9 Å². The highest BCUT2D eigenvalue weighted by atomic mass is 16.5. The molecule has 6 heteroatoms. The monoisotopic (exact) mass is 247 g/mol. The second-order valence-corrected chi connectivity index (χ2v) is 4.02. The van der Waals surface area contributed by atoms with Crippen molar-refractivity contribution in [1.82, 2.24) is 20.2 Å². The molecule has 0 atom stereocenters. The minimum Gasteiger partial charge on any atom is -0.385 e. The number of hydrogen-bond acceptors (Lipinski definition) is 5. The zero-order chi connectivity index (χ0) is 12.8. The summed E-state index contributed by atoms with van der Waals surface area (Å²) in [5.41, 5.74) is 2.15. The fraction of sp³-hybridized carbons (Fsp3) is 0.417. The van der Waals surface area contributed by atoms with Gasteiger partial charge in [0.2, 0.25) is 5.95 Å². The Balaban J connectivity index is 2.05. The highest BCUT2D eigenvalue weighted by molar-refractivity contribution is 5.39. The van der Waals surface area contributed by atoms with E-state index >= 15 is 0 Å². The Bertz CT molecular complexity index is 479. The minimum absolute atomic E-state index is 0.648. The van der Waals surface area contributed by atoms with Gasteiger partial charge in [-0.05, 0) is 35.9 Å². The molecule has 0 radical (unpaired) electrons. The summed E-state index contributed by atoms with van der Waals surface area (Å²) in [5.74, 6) is 0.648. The molecule has 2 aromatic rings. The number of tetrazole rings is 1. The Morgan fingerprint density at radius 3 is 2.78 bits per heavy atom. The summed E-state index contributed by atoms with van der Waals surface area (Å²) in [7, 11) is 1.69. The van der Waals surface area contributed by atoms with Gasteiger partial charge < -0.3 is 10.1 Å². The van der Waals surface area contributed by atoms with Crippen LogP contribution in [0.4, 0.5) is 5.95 Å². The molecule has 0 spiro atoms. The number of methoxy groups -OCH3 is 1. The molecule has 0 fully saturated rings. The van der Waals surface area contributed by atoms with Crippen molar-refractivity contribution in [1.29, 1.82) is 0 Å². The van der Waals surface area contributed by atoms with Crippen molar-refractivity contribution in [2.24, 2.45) is 0 Å². The number of benzene rings is 1. The third-order valence-electron chi connectivity index (χ3n) is 2.56. The number of aromatic nitrogens is 4. The predicted octanol–water partition coefficient (Wildman–Crippen LogP) is 1.42. The Morgan fingerprint density at radius 1 is 1.28 bits per heavy atom. The van der Waals surface area contributed by atoms with Crippen LogP contribution in [-0.2, 0) is 4.74 Å². The molecule has 1 aromatic carbocycles. The van der Waals surface area contributed by atoms with Gasteiger partial charge >= 0.3 is 0 Å². The minimum atomic E-state index is 0.648. The number of rotatable bonds is 6. The van der Waals surface area contributed by atoms with Gasteiger partial charge in [0.25, 0.3) is 0 Å². The van der Waals surface area contributed by atoms with Crippen LogP contribution in [0.15, 0.2) is 24.3 Å². The van der Waals surface area contributed by atoms with Crippen molar-refractivity contribution >= 4 is 5.95 Å². The second-order valence-electron chi connectivity index (χ2n) is 4.02. The van der Waals surface area contributed by atoms with Crippen LogP contribution >= 0.6 is 0 Å². The third-order valence-corrected chi connectivity index (χ3v) is 2.56. The molecule has 18 heavy (non-hydrogen) atoms. The Kier molecular flexibility index (Phi) is 4.25. The first-order valence-corrected chi connectivity index (χ1v) is 5.89. The Morgan fingerprint density at radius 2 is 2.06 bits per heavy atom. The van der Waals surface area contributed by atoms with Crippen molar-refractivity contribution in [3.8, 4) is 5.69 Å². The second kappa shape index (κ2) is 6.11. The molecular weight excluding hydrogens is 230 g/mol. The number of hydrogen-bond donors (Lipinski definition) is 1. The van der Waals surface area contributed by atoms with E-state index in [2.05, 4.69) is 20.8 Å². The highest BCUT2D eigenvalue weighted by Gasteiger charge is 2.06. The standard InChI is InChI=1S/C12H17N5O/c1-10-4-6-11(7-5-10)17-12(14-15-16-17)13-8-3-9-18-2/h4-7H,3,8-9H2,1-2H3,(H,13,14,16). The lowest BCUT2D eigenvalue weighted by Gasteiger charge is -2.06. The van der Waals surface area contributed by atoms with Crippen LogP contribution in [0.3, 0.4) is 0 Å². The fourth-order valence-corrected chi connectivity index (χ4v) is 1.57. The number of nitrogens with zero attached hydrogens (tertiary/aromatic N) is 4. The molecule has 0 aliphatic carbocycles. The fourth-order valence-electron chi connectivity index (χ4n) is 1.57. The van der Waals surface area contributed by atoms with Gasteiger partial charge in [-0.3, -0.25) is 0 Å².